The quantitative estimate of drug-likeness (QED) is 0.709. The Morgan fingerprint density at radius 1 is 0.957 bits per heavy atom. The molecule has 0 bridgehead atoms. The average Bonchev–Trinajstić information content (AvgIpc) is 2.89. The molecule has 3 rings (SSSR count). The van der Waals surface area contributed by atoms with Crippen molar-refractivity contribution in [1.29, 1.82) is 0 Å². The first-order valence-corrected chi connectivity index (χ1v) is 7.73. The lowest BCUT2D eigenvalue weighted by Crippen LogP contribution is -2.14. The van der Waals surface area contributed by atoms with Gasteiger partial charge in [0, 0.05) is 28.3 Å². The summed E-state index contributed by atoms with van der Waals surface area (Å²) in [6, 6.07) is 21.9. The summed E-state index contributed by atoms with van der Waals surface area (Å²) in [6.45, 7) is 4.32. The van der Waals surface area contributed by atoms with Gasteiger partial charge in [-0.15, -0.1) is 0 Å². The molecule has 0 unspecified atom stereocenters. The summed E-state index contributed by atoms with van der Waals surface area (Å²) in [4.78, 5) is 12.6. The fourth-order valence-corrected chi connectivity index (χ4v) is 2.85. The summed E-state index contributed by atoms with van der Waals surface area (Å²) < 4.78 is 2.12. The highest BCUT2D eigenvalue weighted by molar-refractivity contribution is 6.00. The molecule has 0 amide bonds. The van der Waals surface area contributed by atoms with Crippen molar-refractivity contribution in [3.63, 3.8) is 0 Å². The Hall–Kier alpha value is -2.81. The number of carbonyl (C=O) groups is 1. The third-order valence-electron chi connectivity index (χ3n) is 3.97. The molecule has 0 spiro atoms. The molecule has 0 aliphatic heterocycles. The Bertz CT molecular complexity index is 804. The number of nitrogens with zero attached hydrogens (tertiary/aromatic N) is 1. The van der Waals surface area contributed by atoms with E-state index in [1.165, 1.54) is 0 Å². The third-order valence-corrected chi connectivity index (χ3v) is 3.97. The SMILES string of the molecule is Cc1cc(C(=O)CNc2ccccc2)c(C)n1-c1ccccc1. The first kappa shape index (κ1) is 15.1. The summed E-state index contributed by atoms with van der Waals surface area (Å²) in [5, 5.41) is 3.18. The number of nitrogens with one attached hydrogen (secondary N) is 1. The Balaban J connectivity index is 1.82. The van der Waals surface area contributed by atoms with Crippen molar-refractivity contribution in [2.45, 2.75) is 13.8 Å². The highest BCUT2D eigenvalue weighted by Gasteiger charge is 2.16. The number of benzene rings is 2. The lowest BCUT2D eigenvalue weighted by atomic mass is 10.1. The molecule has 1 N–H and O–H groups in total. The molecule has 2 aromatic carbocycles. The van der Waals surface area contributed by atoms with Crippen LogP contribution < -0.4 is 5.32 Å². The Morgan fingerprint density at radius 2 is 1.57 bits per heavy atom. The smallest absolute Gasteiger partial charge is 0.183 e. The number of Topliss-reactive ketones (excluding diaryl/α,β-unsaturated/α-hetero) is 1. The van der Waals surface area contributed by atoms with E-state index in [4.69, 9.17) is 0 Å². The maximum Gasteiger partial charge on any atom is 0.183 e. The van der Waals surface area contributed by atoms with Crippen LogP contribution in [0.25, 0.3) is 5.69 Å². The molecule has 1 aromatic heterocycles. The number of para-hydroxylation sites is 2. The molecule has 0 saturated carbocycles. The second-order valence-corrected chi connectivity index (χ2v) is 5.60. The third kappa shape index (κ3) is 3.19. The molecule has 0 aliphatic carbocycles. The van der Waals surface area contributed by atoms with Crippen molar-refractivity contribution >= 4 is 11.5 Å². The summed E-state index contributed by atoms with van der Waals surface area (Å²) in [7, 11) is 0. The van der Waals surface area contributed by atoms with Crippen LogP contribution in [0.5, 0.6) is 0 Å². The van der Waals surface area contributed by atoms with E-state index < -0.39 is 0 Å². The monoisotopic (exact) mass is 304 g/mol. The maximum absolute atomic E-state index is 12.6. The zero-order valence-corrected chi connectivity index (χ0v) is 13.4. The number of ketones is 1. The minimum atomic E-state index is 0.101. The van der Waals surface area contributed by atoms with Gasteiger partial charge in [0.25, 0.3) is 0 Å². The van der Waals surface area contributed by atoms with Gasteiger partial charge in [0.1, 0.15) is 0 Å². The molecule has 0 fully saturated rings. The number of hydrogen-bond donors (Lipinski definition) is 1. The van der Waals surface area contributed by atoms with Gasteiger partial charge in [-0.05, 0) is 44.2 Å². The normalized spacial score (nSPS) is 10.5. The van der Waals surface area contributed by atoms with Crippen LogP contribution in [-0.2, 0) is 0 Å². The second kappa shape index (κ2) is 6.53. The van der Waals surface area contributed by atoms with Crippen LogP contribution >= 0.6 is 0 Å². The van der Waals surface area contributed by atoms with Crippen LogP contribution in [0.3, 0.4) is 0 Å². The maximum atomic E-state index is 12.6. The Morgan fingerprint density at radius 3 is 2.22 bits per heavy atom. The van der Waals surface area contributed by atoms with Gasteiger partial charge in [-0.1, -0.05) is 36.4 Å². The van der Waals surface area contributed by atoms with E-state index in [2.05, 4.69) is 22.0 Å². The van der Waals surface area contributed by atoms with Crippen molar-refractivity contribution in [2.75, 3.05) is 11.9 Å². The summed E-state index contributed by atoms with van der Waals surface area (Å²) in [6.07, 6.45) is 0. The molecular formula is C20H20N2O. The molecule has 0 atom stereocenters. The van der Waals surface area contributed by atoms with Crippen molar-refractivity contribution < 1.29 is 4.79 Å². The van der Waals surface area contributed by atoms with E-state index in [9.17, 15) is 4.79 Å². The van der Waals surface area contributed by atoms with E-state index >= 15 is 0 Å². The van der Waals surface area contributed by atoms with Gasteiger partial charge in [0.15, 0.2) is 5.78 Å². The molecular weight excluding hydrogens is 284 g/mol. The van der Waals surface area contributed by atoms with Gasteiger partial charge in [-0.25, -0.2) is 0 Å². The number of hydrogen-bond acceptors (Lipinski definition) is 2. The Labute approximate surface area is 136 Å². The van der Waals surface area contributed by atoms with Gasteiger partial charge in [0.2, 0.25) is 0 Å². The van der Waals surface area contributed by atoms with Crippen molar-refractivity contribution in [3.05, 3.63) is 83.7 Å². The van der Waals surface area contributed by atoms with E-state index in [-0.39, 0.29) is 5.78 Å². The predicted octanol–water partition coefficient (Wildman–Crippen LogP) is 4.39. The van der Waals surface area contributed by atoms with Gasteiger partial charge in [-0.2, -0.15) is 0 Å². The molecule has 0 saturated heterocycles. The van der Waals surface area contributed by atoms with Crippen LogP contribution in [0.2, 0.25) is 0 Å². The number of rotatable bonds is 5. The van der Waals surface area contributed by atoms with Crippen LogP contribution in [0.4, 0.5) is 5.69 Å². The van der Waals surface area contributed by atoms with Crippen molar-refractivity contribution in [2.24, 2.45) is 0 Å². The highest BCUT2D eigenvalue weighted by Crippen LogP contribution is 2.21. The van der Waals surface area contributed by atoms with Crippen LogP contribution in [0, 0.1) is 13.8 Å². The molecule has 3 nitrogen and oxygen atoms in total. The van der Waals surface area contributed by atoms with E-state index in [1.807, 2.05) is 68.4 Å². The van der Waals surface area contributed by atoms with Crippen LogP contribution in [0.1, 0.15) is 21.7 Å². The van der Waals surface area contributed by atoms with Crippen molar-refractivity contribution in [1.82, 2.24) is 4.57 Å². The molecule has 3 aromatic rings. The minimum Gasteiger partial charge on any atom is -0.378 e. The highest BCUT2D eigenvalue weighted by atomic mass is 16.1. The number of anilines is 1. The molecule has 23 heavy (non-hydrogen) atoms. The minimum absolute atomic E-state index is 0.101. The molecule has 0 radical (unpaired) electrons. The van der Waals surface area contributed by atoms with E-state index in [0.717, 1.165) is 28.3 Å². The standard InChI is InChI=1S/C20H20N2O/c1-15-13-19(16(2)22(15)18-11-7-4-8-12-18)20(23)14-21-17-9-5-3-6-10-17/h3-13,21H,14H2,1-2H3. The van der Waals surface area contributed by atoms with Crippen LogP contribution in [0.15, 0.2) is 66.7 Å². The zero-order valence-electron chi connectivity index (χ0n) is 13.4. The van der Waals surface area contributed by atoms with E-state index in [0.29, 0.717) is 6.54 Å². The van der Waals surface area contributed by atoms with Gasteiger partial charge in [-0.3, -0.25) is 4.79 Å². The fraction of sp³-hybridized carbons (Fsp3) is 0.150. The fourth-order valence-electron chi connectivity index (χ4n) is 2.85. The van der Waals surface area contributed by atoms with Gasteiger partial charge in [0.05, 0.1) is 6.54 Å². The van der Waals surface area contributed by atoms with Crippen LogP contribution in [-0.4, -0.2) is 16.9 Å². The lowest BCUT2D eigenvalue weighted by molar-refractivity contribution is 0.101. The first-order chi connectivity index (χ1) is 11.2. The number of aromatic nitrogens is 1. The summed E-state index contributed by atoms with van der Waals surface area (Å²) >= 11 is 0. The van der Waals surface area contributed by atoms with Gasteiger partial charge < -0.3 is 9.88 Å². The average molecular weight is 304 g/mol. The number of carbonyl (C=O) groups excluding carboxylic acids is 1. The second-order valence-electron chi connectivity index (χ2n) is 5.60. The molecule has 116 valence electrons. The Kier molecular flexibility index (Phi) is 4.29. The predicted molar refractivity (Wildman–Crippen MR) is 94.5 cm³/mol. The molecule has 1 heterocycles. The van der Waals surface area contributed by atoms with Crippen molar-refractivity contribution in [3.8, 4) is 5.69 Å². The van der Waals surface area contributed by atoms with E-state index in [1.54, 1.807) is 0 Å². The first-order valence-electron chi connectivity index (χ1n) is 7.73. The topological polar surface area (TPSA) is 34.0 Å². The largest absolute Gasteiger partial charge is 0.378 e. The van der Waals surface area contributed by atoms with Gasteiger partial charge >= 0.3 is 0 Å². The number of aryl methyl sites for hydroxylation is 1. The zero-order chi connectivity index (χ0) is 16.2. The summed E-state index contributed by atoms with van der Waals surface area (Å²) in [5.41, 5.74) is 4.86. The molecule has 0 aliphatic rings. The summed E-state index contributed by atoms with van der Waals surface area (Å²) in [5.74, 6) is 0.101. The lowest BCUT2D eigenvalue weighted by Gasteiger charge is -2.10. The molecule has 3 heteroatoms.